The summed E-state index contributed by atoms with van der Waals surface area (Å²) in [4.78, 5) is 2.21. The van der Waals surface area contributed by atoms with E-state index < -0.39 is 11.6 Å². The highest BCUT2D eigenvalue weighted by atomic mass is 35.5. The monoisotopic (exact) mass is 300 g/mol. The molecule has 110 valence electrons. The summed E-state index contributed by atoms with van der Waals surface area (Å²) in [5.41, 5.74) is 0.170. The lowest BCUT2D eigenvalue weighted by molar-refractivity contribution is 0.0785. The molecule has 0 aromatic heterocycles. The van der Waals surface area contributed by atoms with E-state index in [4.69, 9.17) is 11.6 Å². The van der Waals surface area contributed by atoms with Crippen LogP contribution in [0.3, 0.4) is 0 Å². The Labute approximate surface area is 123 Å². The van der Waals surface area contributed by atoms with E-state index in [1.807, 2.05) is 0 Å². The van der Waals surface area contributed by atoms with Gasteiger partial charge in [0.2, 0.25) is 0 Å². The highest BCUT2D eigenvalue weighted by Gasteiger charge is 2.37. The second-order valence-electron chi connectivity index (χ2n) is 5.68. The van der Waals surface area contributed by atoms with Crippen LogP contribution in [0.2, 0.25) is 5.02 Å². The molecule has 20 heavy (non-hydrogen) atoms. The van der Waals surface area contributed by atoms with Crippen LogP contribution in [0.25, 0.3) is 0 Å². The van der Waals surface area contributed by atoms with Gasteiger partial charge in [-0.3, -0.25) is 4.90 Å². The first kappa shape index (κ1) is 14.2. The molecule has 1 aromatic rings. The lowest BCUT2D eigenvalue weighted by Crippen LogP contribution is -2.48. The maximum absolute atomic E-state index is 14.4. The van der Waals surface area contributed by atoms with Crippen LogP contribution < -0.4 is 5.32 Å². The molecule has 2 nitrogen and oxygen atoms in total. The Bertz CT molecular complexity index is 485. The highest BCUT2D eigenvalue weighted by Crippen LogP contribution is 2.43. The molecule has 1 atom stereocenters. The van der Waals surface area contributed by atoms with Crippen LogP contribution in [-0.4, -0.2) is 31.1 Å². The van der Waals surface area contributed by atoms with Crippen LogP contribution in [0, 0.1) is 17.6 Å². The lowest BCUT2D eigenvalue weighted by atomic mass is 9.76. The summed E-state index contributed by atoms with van der Waals surface area (Å²) >= 11 is 5.86. The van der Waals surface area contributed by atoms with Crippen molar-refractivity contribution in [3.8, 4) is 0 Å². The molecule has 1 N–H and O–H groups in total. The predicted molar refractivity (Wildman–Crippen MR) is 75.9 cm³/mol. The second-order valence-corrected chi connectivity index (χ2v) is 6.09. The number of benzene rings is 1. The Morgan fingerprint density at radius 3 is 2.50 bits per heavy atom. The van der Waals surface area contributed by atoms with Crippen LogP contribution in [0.1, 0.15) is 30.9 Å². The van der Waals surface area contributed by atoms with Gasteiger partial charge >= 0.3 is 0 Å². The van der Waals surface area contributed by atoms with Crippen molar-refractivity contribution < 1.29 is 8.78 Å². The largest absolute Gasteiger partial charge is 0.314 e. The Morgan fingerprint density at radius 1 is 1.20 bits per heavy atom. The zero-order valence-corrected chi connectivity index (χ0v) is 12.1. The first-order valence-corrected chi connectivity index (χ1v) is 7.64. The van der Waals surface area contributed by atoms with Crippen LogP contribution >= 0.6 is 11.6 Å². The molecule has 3 rings (SSSR count). The molecule has 5 heteroatoms. The van der Waals surface area contributed by atoms with Gasteiger partial charge in [-0.1, -0.05) is 18.0 Å². The summed E-state index contributed by atoms with van der Waals surface area (Å²) < 4.78 is 28.6. The normalized spacial score (nSPS) is 22.6. The SMILES string of the molecule is Fc1ccc(Cl)c(F)c1[C@H](C1CCC1)N1CCNCC1. The number of rotatable bonds is 3. The fourth-order valence-electron chi connectivity index (χ4n) is 3.25. The zero-order chi connectivity index (χ0) is 14.1. The van der Waals surface area contributed by atoms with Gasteiger partial charge in [0, 0.05) is 37.8 Å². The van der Waals surface area contributed by atoms with Gasteiger partial charge in [0.15, 0.2) is 0 Å². The molecule has 0 unspecified atom stereocenters. The first-order valence-electron chi connectivity index (χ1n) is 7.26. The summed E-state index contributed by atoms with van der Waals surface area (Å²) in [5.74, 6) is -0.708. The molecule has 0 bridgehead atoms. The van der Waals surface area contributed by atoms with Gasteiger partial charge in [0.25, 0.3) is 0 Å². The number of nitrogens with zero attached hydrogens (tertiary/aromatic N) is 1. The molecule has 1 aromatic carbocycles. The van der Waals surface area contributed by atoms with Crippen molar-refractivity contribution in [2.45, 2.75) is 25.3 Å². The summed E-state index contributed by atoms with van der Waals surface area (Å²) in [7, 11) is 0. The Morgan fingerprint density at radius 2 is 1.90 bits per heavy atom. The van der Waals surface area contributed by atoms with E-state index in [0.29, 0.717) is 5.92 Å². The molecule has 2 aliphatic rings. The molecule has 1 aliphatic carbocycles. The van der Waals surface area contributed by atoms with Crippen molar-refractivity contribution in [3.63, 3.8) is 0 Å². The van der Waals surface area contributed by atoms with Gasteiger partial charge in [-0.15, -0.1) is 0 Å². The summed E-state index contributed by atoms with van der Waals surface area (Å²) in [5, 5.41) is 3.30. The first-order chi connectivity index (χ1) is 9.68. The smallest absolute Gasteiger partial charge is 0.149 e. The highest BCUT2D eigenvalue weighted by molar-refractivity contribution is 6.30. The van der Waals surface area contributed by atoms with Crippen molar-refractivity contribution in [2.24, 2.45) is 5.92 Å². The van der Waals surface area contributed by atoms with Crippen molar-refractivity contribution in [2.75, 3.05) is 26.2 Å². The Kier molecular flexibility index (Phi) is 4.24. The molecule has 1 saturated carbocycles. The van der Waals surface area contributed by atoms with Gasteiger partial charge in [-0.05, 0) is 30.9 Å². The standard InChI is InChI=1S/C15H19ClF2N2/c16-11-4-5-12(17)13(14(11)18)15(10-2-1-3-10)20-8-6-19-7-9-20/h4-5,10,15,19H,1-3,6-9H2/t15-/m0/s1. The van der Waals surface area contributed by atoms with E-state index in [1.54, 1.807) is 0 Å². The minimum absolute atomic E-state index is 0.0147. The van der Waals surface area contributed by atoms with E-state index in [-0.39, 0.29) is 16.6 Å². The number of hydrogen-bond donors (Lipinski definition) is 1. The quantitative estimate of drug-likeness (QED) is 0.861. The van der Waals surface area contributed by atoms with Crippen molar-refractivity contribution in [3.05, 3.63) is 34.4 Å². The van der Waals surface area contributed by atoms with Gasteiger partial charge in [0.05, 0.1) is 5.02 Å². The third-order valence-corrected chi connectivity index (χ3v) is 4.81. The van der Waals surface area contributed by atoms with Gasteiger partial charge < -0.3 is 5.32 Å². The topological polar surface area (TPSA) is 15.3 Å². The van der Waals surface area contributed by atoms with Crippen LogP contribution in [0.5, 0.6) is 0 Å². The molecule has 2 fully saturated rings. The van der Waals surface area contributed by atoms with E-state index in [1.165, 1.54) is 12.1 Å². The van der Waals surface area contributed by atoms with Crippen molar-refractivity contribution in [1.29, 1.82) is 0 Å². The molecular formula is C15H19ClF2N2. The van der Waals surface area contributed by atoms with E-state index in [2.05, 4.69) is 10.2 Å². The molecule has 0 radical (unpaired) electrons. The average molecular weight is 301 g/mol. The zero-order valence-electron chi connectivity index (χ0n) is 11.3. The van der Waals surface area contributed by atoms with Crippen molar-refractivity contribution in [1.82, 2.24) is 10.2 Å². The molecule has 1 saturated heterocycles. The molecule has 1 heterocycles. The number of halogens is 3. The summed E-state index contributed by atoms with van der Waals surface area (Å²) in [6.45, 7) is 3.39. The molecule has 0 amide bonds. The average Bonchev–Trinajstić information content (AvgIpc) is 2.41. The fourth-order valence-corrected chi connectivity index (χ4v) is 3.41. The fraction of sp³-hybridized carbons (Fsp3) is 0.600. The molecule has 0 spiro atoms. The van der Waals surface area contributed by atoms with Gasteiger partial charge in [-0.2, -0.15) is 0 Å². The maximum atomic E-state index is 14.4. The van der Waals surface area contributed by atoms with Gasteiger partial charge in [-0.25, -0.2) is 8.78 Å². The minimum atomic E-state index is -0.581. The van der Waals surface area contributed by atoms with Crippen LogP contribution in [0.4, 0.5) is 8.78 Å². The summed E-state index contributed by atoms with van der Waals surface area (Å²) in [6.07, 6.45) is 3.23. The van der Waals surface area contributed by atoms with E-state index >= 15 is 0 Å². The summed E-state index contributed by atoms with van der Waals surface area (Å²) in [6, 6.07) is 2.41. The second kappa shape index (κ2) is 5.96. The van der Waals surface area contributed by atoms with Gasteiger partial charge in [0.1, 0.15) is 11.6 Å². The van der Waals surface area contributed by atoms with E-state index in [0.717, 1.165) is 45.4 Å². The van der Waals surface area contributed by atoms with Crippen molar-refractivity contribution >= 4 is 11.6 Å². The third kappa shape index (κ3) is 2.57. The minimum Gasteiger partial charge on any atom is -0.314 e. The predicted octanol–water partition coefficient (Wildman–Crippen LogP) is 3.36. The molecular weight excluding hydrogens is 282 g/mol. The third-order valence-electron chi connectivity index (χ3n) is 4.52. The Hall–Kier alpha value is -0.710. The lowest BCUT2D eigenvalue weighted by Gasteiger charge is -2.43. The number of hydrogen-bond acceptors (Lipinski definition) is 2. The van der Waals surface area contributed by atoms with Crippen LogP contribution in [-0.2, 0) is 0 Å². The van der Waals surface area contributed by atoms with Crippen LogP contribution in [0.15, 0.2) is 12.1 Å². The van der Waals surface area contributed by atoms with E-state index in [9.17, 15) is 8.78 Å². The molecule has 1 aliphatic heterocycles. The number of piperazine rings is 1. The number of nitrogens with one attached hydrogen (secondary N) is 1. The maximum Gasteiger partial charge on any atom is 0.149 e. The Balaban J connectivity index is 1.98.